The Morgan fingerprint density at radius 1 is 1.39 bits per heavy atom. The van der Waals surface area contributed by atoms with Crippen molar-refractivity contribution in [3.63, 3.8) is 0 Å². The van der Waals surface area contributed by atoms with Crippen molar-refractivity contribution in [3.05, 3.63) is 34.4 Å². The third kappa shape index (κ3) is 1.84. The summed E-state index contributed by atoms with van der Waals surface area (Å²) in [7, 11) is -3.12. The van der Waals surface area contributed by atoms with E-state index in [0.29, 0.717) is 17.9 Å². The summed E-state index contributed by atoms with van der Waals surface area (Å²) in [5.74, 6) is 0.645. The van der Waals surface area contributed by atoms with E-state index in [2.05, 4.69) is 10.1 Å². The Morgan fingerprint density at radius 3 is 3.00 bits per heavy atom. The van der Waals surface area contributed by atoms with Crippen LogP contribution in [-0.2, 0) is 9.84 Å². The molecule has 0 saturated carbocycles. The lowest BCUT2D eigenvalue weighted by molar-refractivity contribution is 0.538. The molecule has 0 aliphatic carbocycles. The maximum atomic E-state index is 12.0. The molecule has 1 atom stereocenters. The minimum absolute atomic E-state index is 0.139. The number of sulfone groups is 1. The Labute approximate surface area is 104 Å². The van der Waals surface area contributed by atoms with Gasteiger partial charge in [-0.3, -0.25) is 9.89 Å². The van der Waals surface area contributed by atoms with E-state index in [1.54, 1.807) is 10.7 Å². The zero-order valence-corrected chi connectivity index (χ0v) is 10.5. The molecule has 1 fully saturated rings. The summed E-state index contributed by atoms with van der Waals surface area (Å²) in [6.07, 6.45) is 3.76. The van der Waals surface area contributed by atoms with Gasteiger partial charge >= 0.3 is 0 Å². The number of pyridine rings is 1. The van der Waals surface area contributed by atoms with Crippen molar-refractivity contribution in [2.75, 3.05) is 5.75 Å². The first-order valence-electron chi connectivity index (χ1n) is 5.86. The fraction of sp³-hybridized carbons (Fsp3) is 0.455. The Kier molecular flexibility index (Phi) is 2.51. The van der Waals surface area contributed by atoms with Gasteiger partial charge in [-0.2, -0.15) is 0 Å². The molecule has 3 heterocycles. The van der Waals surface area contributed by atoms with Crippen LogP contribution in [-0.4, -0.2) is 28.8 Å². The summed E-state index contributed by atoms with van der Waals surface area (Å²) in [5.41, 5.74) is 0.317. The lowest BCUT2D eigenvalue weighted by atomic mass is 10.2. The van der Waals surface area contributed by atoms with Gasteiger partial charge in [0.1, 0.15) is 11.1 Å². The van der Waals surface area contributed by atoms with Gasteiger partial charge < -0.3 is 0 Å². The molecule has 18 heavy (non-hydrogen) atoms. The molecule has 1 saturated heterocycles. The predicted octanol–water partition coefficient (Wildman–Crippen LogP) is 0.662. The number of aromatic nitrogens is 3. The van der Waals surface area contributed by atoms with Crippen molar-refractivity contribution in [1.29, 1.82) is 0 Å². The zero-order valence-electron chi connectivity index (χ0n) is 9.67. The van der Waals surface area contributed by atoms with Gasteiger partial charge in [-0.25, -0.2) is 17.9 Å². The van der Waals surface area contributed by atoms with Gasteiger partial charge in [0.15, 0.2) is 20.9 Å². The molecule has 6 nitrogen and oxygen atoms in total. The molecule has 0 aromatic carbocycles. The van der Waals surface area contributed by atoms with Crippen LogP contribution >= 0.6 is 0 Å². The highest BCUT2D eigenvalue weighted by molar-refractivity contribution is 7.91. The largest absolute Gasteiger partial charge is 0.290 e. The molecular weight excluding hydrogens is 254 g/mol. The van der Waals surface area contributed by atoms with E-state index in [9.17, 15) is 13.2 Å². The molecule has 1 unspecified atom stereocenters. The maximum absolute atomic E-state index is 12.0. The molecular formula is C11H13N3O3S. The second-order valence-electron chi connectivity index (χ2n) is 4.55. The van der Waals surface area contributed by atoms with E-state index in [0.717, 1.165) is 12.8 Å². The average Bonchev–Trinajstić information content (AvgIpc) is 2.70. The summed E-state index contributed by atoms with van der Waals surface area (Å²) in [5, 5.41) is 2.37. The molecule has 0 amide bonds. The monoisotopic (exact) mass is 267 g/mol. The van der Waals surface area contributed by atoms with Crippen molar-refractivity contribution >= 4 is 15.5 Å². The van der Waals surface area contributed by atoms with E-state index in [1.165, 1.54) is 12.1 Å². The number of fused-ring (bicyclic) bond motifs is 1. The summed E-state index contributed by atoms with van der Waals surface area (Å²) >= 11 is 0. The van der Waals surface area contributed by atoms with E-state index in [1.807, 2.05) is 0 Å². The van der Waals surface area contributed by atoms with Crippen LogP contribution in [0, 0.1) is 0 Å². The lowest BCUT2D eigenvalue weighted by Crippen LogP contribution is -2.22. The van der Waals surface area contributed by atoms with Crippen LogP contribution in [0.15, 0.2) is 23.1 Å². The number of nitrogens with zero attached hydrogens (tertiary/aromatic N) is 2. The van der Waals surface area contributed by atoms with Crippen LogP contribution in [0.3, 0.4) is 0 Å². The highest BCUT2D eigenvalue weighted by atomic mass is 32.2. The van der Waals surface area contributed by atoms with Crippen LogP contribution in [0.25, 0.3) is 5.65 Å². The fourth-order valence-corrected chi connectivity index (χ4v) is 4.19. The van der Waals surface area contributed by atoms with Gasteiger partial charge in [0.05, 0.1) is 5.75 Å². The van der Waals surface area contributed by atoms with Crippen molar-refractivity contribution in [1.82, 2.24) is 14.6 Å². The number of aromatic amines is 1. The van der Waals surface area contributed by atoms with Crippen molar-refractivity contribution in [2.45, 2.75) is 24.5 Å². The third-order valence-corrected chi connectivity index (χ3v) is 5.44. The molecule has 0 spiro atoms. The zero-order chi connectivity index (χ0) is 12.8. The normalized spacial score (nSPS) is 23.2. The quantitative estimate of drug-likeness (QED) is 0.822. The lowest BCUT2D eigenvalue weighted by Gasteiger charge is -2.19. The Hall–Kier alpha value is -1.63. The molecule has 96 valence electrons. The first kappa shape index (κ1) is 11.5. The standard InChI is InChI=1S/C11H13N3O3S/c15-8-4-5-14-10(7-8)12-11(13-14)9-3-1-2-6-18(9,16)17/h4-5,7,9H,1-3,6H2,(H,12,13). The minimum Gasteiger partial charge on any atom is -0.290 e. The Morgan fingerprint density at radius 2 is 2.22 bits per heavy atom. The molecule has 2 aromatic rings. The van der Waals surface area contributed by atoms with Crippen molar-refractivity contribution < 1.29 is 8.42 Å². The number of nitrogens with one attached hydrogen (secondary N) is 1. The first-order valence-corrected chi connectivity index (χ1v) is 7.58. The van der Waals surface area contributed by atoms with Gasteiger partial charge in [-0.15, -0.1) is 0 Å². The fourth-order valence-electron chi connectivity index (χ4n) is 2.33. The van der Waals surface area contributed by atoms with Gasteiger partial charge in [0, 0.05) is 18.3 Å². The predicted molar refractivity (Wildman–Crippen MR) is 66.2 cm³/mol. The smallest absolute Gasteiger partial charge is 0.183 e. The Bertz CT molecular complexity index is 744. The number of H-pyrrole nitrogens is 1. The summed E-state index contributed by atoms with van der Waals surface area (Å²) in [4.78, 5) is 15.4. The van der Waals surface area contributed by atoms with E-state index in [-0.39, 0.29) is 11.2 Å². The van der Waals surface area contributed by atoms with Crippen LogP contribution in [0.2, 0.25) is 0 Å². The first-order chi connectivity index (χ1) is 8.56. The second-order valence-corrected chi connectivity index (χ2v) is 6.85. The van der Waals surface area contributed by atoms with Crippen molar-refractivity contribution in [3.8, 4) is 0 Å². The summed E-state index contributed by atoms with van der Waals surface area (Å²) < 4.78 is 25.6. The molecule has 7 heteroatoms. The highest BCUT2D eigenvalue weighted by Gasteiger charge is 2.32. The number of hydrogen-bond acceptors (Lipinski definition) is 4. The molecule has 2 aromatic heterocycles. The van der Waals surface area contributed by atoms with Gasteiger partial charge in [-0.1, -0.05) is 6.42 Å². The number of rotatable bonds is 1. The average molecular weight is 267 g/mol. The SMILES string of the molecule is O=c1ccn2[nH]c(C3CCCCS3(=O)=O)nc2c1. The maximum Gasteiger partial charge on any atom is 0.183 e. The van der Waals surface area contributed by atoms with Crippen LogP contribution in [0.5, 0.6) is 0 Å². The molecule has 0 radical (unpaired) electrons. The molecule has 1 aliphatic heterocycles. The van der Waals surface area contributed by atoms with Gasteiger partial charge in [0.2, 0.25) is 0 Å². The molecule has 1 aliphatic rings. The van der Waals surface area contributed by atoms with E-state index < -0.39 is 15.1 Å². The van der Waals surface area contributed by atoms with Crippen LogP contribution in [0.4, 0.5) is 0 Å². The Balaban J connectivity index is 2.11. The molecule has 0 bridgehead atoms. The van der Waals surface area contributed by atoms with Crippen molar-refractivity contribution in [2.24, 2.45) is 0 Å². The summed E-state index contributed by atoms with van der Waals surface area (Å²) in [6, 6.07) is 2.79. The van der Waals surface area contributed by atoms with E-state index >= 15 is 0 Å². The number of hydrogen-bond donors (Lipinski definition) is 1. The van der Waals surface area contributed by atoms with E-state index in [4.69, 9.17) is 0 Å². The molecule has 3 rings (SSSR count). The second kappa shape index (κ2) is 3.94. The third-order valence-electron chi connectivity index (χ3n) is 3.26. The van der Waals surface area contributed by atoms with Crippen LogP contribution < -0.4 is 5.43 Å². The van der Waals surface area contributed by atoms with Crippen LogP contribution in [0.1, 0.15) is 30.3 Å². The van der Waals surface area contributed by atoms with Gasteiger partial charge in [0.25, 0.3) is 0 Å². The highest BCUT2D eigenvalue weighted by Crippen LogP contribution is 2.31. The summed E-state index contributed by atoms with van der Waals surface area (Å²) in [6.45, 7) is 0. The minimum atomic E-state index is -3.12. The molecule has 1 N–H and O–H groups in total. The topological polar surface area (TPSA) is 84.3 Å². The van der Waals surface area contributed by atoms with Gasteiger partial charge in [-0.05, 0) is 12.8 Å².